The molecule has 0 bridgehead atoms. The van der Waals surface area contributed by atoms with Gasteiger partial charge in [0, 0.05) is 18.6 Å². The van der Waals surface area contributed by atoms with E-state index in [0.29, 0.717) is 6.04 Å². The summed E-state index contributed by atoms with van der Waals surface area (Å²) in [5.41, 5.74) is 0. The van der Waals surface area contributed by atoms with Gasteiger partial charge in [0.25, 0.3) is 0 Å². The van der Waals surface area contributed by atoms with E-state index in [1.54, 1.807) is 0 Å². The van der Waals surface area contributed by atoms with Gasteiger partial charge in [-0.15, -0.1) is 0 Å². The number of hydrogen-bond acceptors (Lipinski definition) is 2. The molecule has 1 unspecified atom stereocenters. The van der Waals surface area contributed by atoms with Crippen molar-refractivity contribution < 1.29 is 0 Å². The maximum absolute atomic E-state index is 3.50. The molecule has 1 atom stereocenters. The lowest BCUT2D eigenvalue weighted by Crippen LogP contribution is -2.36. The molecule has 1 aliphatic rings. The Balaban J connectivity index is 1.97. The molecule has 0 aromatic rings. The Morgan fingerprint density at radius 1 is 1.50 bits per heavy atom. The number of rotatable bonds is 5. The van der Waals surface area contributed by atoms with Crippen LogP contribution in [0, 0.1) is 0 Å². The molecule has 0 aromatic carbocycles. The summed E-state index contributed by atoms with van der Waals surface area (Å²) in [6.45, 7) is 3.35. The third kappa shape index (κ3) is 2.67. The van der Waals surface area contributed by atoms with Crippen LogP contribution in [0.4, 0.5) is 0 Å². The van der Waals surface area contributed by atoms with Gasteiger partial charge in [-0.05, 0) is 26.3 Å². The summed E-state index contributed by atoms with van der Waals surface area (Å²) in [5, 5.41) is 6.77. The monoisotopic (exact) mass is 142 g/mol. The third-order valence-corrected chi connectivity index (χ3v) is 2.13. The van der Waals surface area contributed by atoms with Crippen LogP contribution in [0.3, 0.4) is 0 Å². The zero-order valence-electron chi connectivity index (χ0n) is 6.98. The van der Waals surface area contributed by atoms with Gasteiger partial charge in [-0.3, -0.25) is 0 Å². The van der Waals surface area contributed by atoms with Gasteiger partial charge in [0.1, 0.15) is 0 Å². The second-order valence-corrected chi connectivity index (χ2v) is 3.08. The van der Waals surface area contributed by atoms with E-state index in [-0.39, 0.29) is 0 Å². The van der Waals surface area contributed by atoms with E-state index in [1.165, 1.54) is 19.3 Å². The van der Waals surface area contributed by atoms with Crippen LogP contribution >= 0.6 is 0 Å². The zero-order valence-corrected chi connectivity index (χ0v) is 6.98. The van der Waals surface area contributed by atoms with Crippen molar-refractivity contribution in [2.75, 3.05) is 13.6 Å². The minimum atomic E-state index is 0.667. The van der Waals surface area contributed by atoms with Crippen molar-refractivity contribution in [1.29, 1.82) is 0 Å². The first-order valence-electron chi connectivity index (χ1n) is 4.27. The van der Waals surface area contributed by atoms with Gasteiger partial charge in [0.2, 0.25) is 0 Å². The minimum absolute atomic E-state index is 0.667. The Morgan fingerprint density at radius 3 is 2.60 bits per heavy atom. The Hall–Kier alpha value is -0.0800. The highest BCUT2D eigenvalue weighted by molar-refractivity contribution is 4.82. The number of nitrogens with one attached hydrogen (secondary N) is 2. The maximum Gasteiger partial charge on any atom is 0.0186 e. The van der Waals surface area contributed by atoms with E-state index in [2.05, 4.69) is 17.6 Å². The summed E-state index contributed by atoms with van der Waals surface area (Å²) in [4.78, 5) is 0. The van der Waals surface area contributed by atoms with Crippen molar-refractivity contribution in [3.63, 3.8) is 0 Å². The summed E-state index contributed by atoms with van der Waals surface area (Å²) < 4.78 is 0. The van der Waals surface area contributed by atoms with E-state index in [1.807, 2.05) is 7.05 Å². The second-order valence-electron chi connectivity index (χ2n) is 3.08. The fourth-order valence-electron chi connectivity index (χ4n) is 1.05. The fraction of sp³-hybridized carbons (Fsp3) is 1.00. The molecule has 1 fully saturated rings. The molecule has 1 saturated carbocycles. The van der Waals surface area contributed by atoms with Crippen LogP contribution in [0.1, 0.15) is 26.2 Å². The standard InChI is InChI=1S/C8H18N2/c1-3-7(9-2)6-10-8-4-5-8/h7-10H,3-6H2,1-2H3. The Bertz CT molecular complexity index is 85.3. The van der Waals surface area contributed by atoms with E-state index in [4.69, 9.17) is 0 Å². The second kappa shape index (κ2) is 3.94. The summed E-state index contributed by atoms with van der Waals surface area (Å²) in [6, 6.07) is 1.52. The fourth-order valence-corrected chi connectivity index (χ4v) is 1.05. The lowest BCUT2D eigenvalue weighted by atomic mass is 10.2. The molecule has 0 saturated heterocycles. The van der Waals surface area contributed by atoms with Crippen molar-refractivity contribution in [2.45, 2.75) is 38.3 Å². The van der Waals surface area contributed by atoms with Crippen LogP contribution in [0.25, 0.3) is 0 Å². The summed E-state index contributed by atoms with van der Waals surface area (Å²) in [7, 11) is 2.03. The Kier molecular flexibility index (Phi) is 3.16. The van der Waals surface area contributed by atoms with Gasteiger partial charge in [-0.2, -0.15) is 0 Å². The summed E-state index contributed by atoms with van der Waals surface area (Å²) in [6.07, 6.45) is 4.00. The van der Waals surface area contributed by atoms with Gasteiger partial charge < -0.3 is 10.6 Å². The topological polar surface area (TPSA) is 24.1 Å². The highest BCUT2D eigenvalue weighted by Crippen LogP contribution is 2.18. The molecule has 1 aliphatic carbocycles. The quantitative estimate of drug-likeness (QED) is 0.591. The normalized spacial score (nSPS) is 21.0. The summed E-state index contributed by atoms with van der Waals surface area (Å²) >= 11 is 0. The van der Waals surface area contributed by atoms with Crippen molar-refractivity contribution in [2.24, 2.45) is 0 Å². The molecule has 1 rings (SSSR count). The molecule has 0 heterocycles. The minimum Gasteiger partial charge on any atom is -0.316 e. The average Bonchev–Trinajstić information content (AvgIpc) is 2.74. The molecule has 60 valence electrons. The molecule has 0 spiro atoms. The first kappa shape index (κ1) is 8.02. The first-order chi connectivity index (χ1) is 4.86. The zero-order chi connectivity index (χ0) is 7.40. The summed E-state index contributed by atoms with van der Waals surface area (Å²) in [5.74, 6) is 0. The van der Waals surface area contributed by atoms with Crippen LogP contribution in [0.15, 0.2) is 0 Å². The maximum atomic E-state index is 3.50. The van der Waals surface area contributed by atoms with Gasteiger partial charge in [-0.25, -0.2) is 0 Å². The molecular formula is C8H18N2. The highest BCUT2D eigenvalue weighted by Gasteiger charge is 2.20. The first-order valence-corrected chi connectivity index (χ1v) is 4.27. The molecular weight excluding hydrogens is 124 g/mol. The third-order valence-electron chi connectivity index (χ3n) is 2.13. The predicted octanol–water partition coefficient (Wildman–Crippen LogP) is 0.736. The SMILES string of the molecule is CCC(CNC1CC1)NC. The van der Waals surface area contributed by atoms with Gasteiger partial charge in [-0.1, -0.05) is 6.92 Å². The Labute approximate surface area is 63.4 Å². The Morgan fingerprint density at radius 2 is 2.20 bits per heavy atom. The van der Waals surface area contributed by atoms with Crippen molar-refractivity contribution >= 4 is 0 Å². The number of likely N-dealkylation sites (N-methyl/N-ethyl adjacent to an activating group) is 1. The van der Waals surface area contributed by atoms with Gasteiger partial charge >= 0.3 is 0 Å². The molecule has 2 nitrogen and oxygen atoms in total. The average molecular weight is 142 g/mol. The van der Waals surface area contributed by atoms with Crippen LogP contribution in [0.2, 0.25) is 0 Å². The van der Waals surface area contributed by atoms with Crippen LogP contribution in [-0.2, 0) is 0 Å². The van der Waals surface area contributed by atoms with Crippen molar-refractivity contribution in [3.8, 4) is 0 Å². The van der Waals surface area contributed by atoms with Gasteiger partial charge in [0.15, 0.2) is 0 Å². The number of hydrogen-bond donors (Lipinski definition) is 2. The lowest BCUT2D eigenvalue weighted by Gasteiger charge is -2.13. The van der Waals surface area contributed by atoms with Crippen LogP contribution < -0.4 is 10.6 Å². The smallest absolute Gasteiger partial charge is 0.0186 e. The molecule has 2 N–H and O–H groups in total. The predicted molar refractivity (Wildman–Crippen MR) is 44.2 cm³/mol. The lowest BCUT2D eigenvalue weighted by molar-refractivity contribution is 0.494. The van der Waals surface area contributed by atoms with E-state index in [9.17, 15) is 0 Å². The largest absolute Gasteiger partial charge is 0.316 e. The molecule has 0 aromatic heterocycles. The van der Waals surface area contributed by atoms with Crippen molar-refractivity contribution in [3.05, 3.63) is 0 Å². The highest BCUT2D eigenvalue weighted by atomic mass is 15.0. The molecule has 0 aliphatic heterocycles. The molecule has 0 radical (unpaired) electrons. The van der Waals surface area contributed by atoms with Crippen molar-refractivity contribution in [1.82, 2.24) is 10.6 Å². The van der Waals surface area contributed by atoms with E-state index in [0.717, 1.165) is 12.6 Å². The van der Waals surface area contributed by atoms with Gasteiger partial charge in [0.05, 0.1) is 0 Å². The van der Waals surface area contributed by atoms with Crippen LogP contribution in [-0.4, -0.2) is 25.7 Å². The molecule has 0 amide bonds. The van der Waals surface area contributed by atoms with E-state index < -0.39 is 0 Å². The van der Waals surface area contributed by atoms with E-state index >= 15 is 0 Å². The molecule has 2 heteroatoms. The van der Waals surface area contributed by atoms with Crippen LogP contribution in [0.5, 0.6) is 0 Å². The molecule has 10 heavy (non-hydrogen) atoms.